The van der Waals surface area contributed by atoms with Gasteiger partial charge in [-0.05, 0) is 25.3 Å². The molecule has 6 heteroatoms. The second-order valence-electron chi connectivity index (χ2n) is 4.92. The van der Waals surface area contributed by atoms with Crippen molar-refractivity contribution in [3.8, 4) is 6.07 Å². The van der Waals surface area contributed by atoms with Gasteiger partial charge < -0.3 is 5.32 Å². The van der Waals surface area contributed by atoms with Gasteiger partial charge in [-0.1, -0.05) is 6.92 Å². The van der Waals surface area contributed by atoms with Crippen molar-refractivity contribution in [1.82, 2.24) is 10.2 Å². The quantitative estimate of drug-likeness (QED) is 0.772. The molecule has 0 amide bonds. The predicted octanol–water partition coefficient (Wildman–Crippen LogP) is 2.15. The van der Waals surface area contributed by atoms with Crippen LogP contribution < -0.4 is 5.32 Å². The minimum atomic E-state index is -4.12. The van der Waals surface area contributed by atoms with Crippen LogP contribution in [-0.2, 0) is 0 Å². The molecule has 1 fully saturated rings. The van der Waals surface area contributed by atoms with Crippen molar-refractivity contribution in [2.75, 3.05) is 26.2 Å². The van der Waals surface area contributed by atoms with Crippen LogP contribution >= 0.6 is 0 Å². The van der Waals surface area contributed by atoms with Gasteiger partial charge in [-0.3, -0.25) is 4.90 Å². The van der Waals surface area contributed by atoms with E-state index in [9.17, 15) is 13.2 Å². The molecule has 0 aliphatic carbocycles. The van der Waals surface area contributed by atoms with E-state index in [0.717, 1.165) is 13.0 Å². The molecule has 0 spiro atoms. The Morgan fingerprint density at radius 1 is 1.39 bits per heavy atom. The Labute approximate surface area is 106 Å². The van der Waals surface area contributed by atoms with Crippen LogP contribution in [0.1, 0.15) is 26.2 Å². The van der Waals surface area contributed by atoms with Crippen molar-refractivity contribution in [2.45, 2.75) is 38.4 Å². The number of hydrogen-bond donors (Lipinski definition) is 1. The van der Waals surface area contributed by atoms with Gasteiger partial charge in [0.2, 0.25) is 0 Å². The van der Waals surface area contributed by atoms with Crippen LogP contribution in [0.2, 0.25) is 0 Å². The maximum Gasteiger partial charge on any atom is 0.389 e. The Hall–Kier alpha value is -0.800. The highest BCUT2D eigenvalue weighted by Gasteiger charge is 2.36. The summed E-state index contributed by atoms with van der Waals surface area (Å²) in [5.41, 5.74) is 0. The van der Waals surface area contributed by atoms with E-state index < -0.39 is 18.5 Å². The molecule has 1 aliphatic heterocycles. The highest BCUT2D eigenvalue weighted by atomic mass is 19.4. The van der Waals surface area contributed by atoms with E-state index in [1.807, 2.05) is 17.9 Å². The molecule has 1 aliphatic rings. The molecule has 0 bridgehead atoms. The number of likely N-dealkylation sites (tertiary alicyclic amines) is 1. The predicted molar refractivity (Wildman–Crippen MR) is 62.9 cm³/mol. The van der Waals surface area contributed by atoms with Gasteiger partial charge >= 0.3 is 6.18 Å². The Kier molecular flexibility index (Phi) is 5.89. The van der Waals surface area contributed by atoms with E-state index in [4.69, 9.17) is 5.26 Å². The van der Waals surface area contributed by atoms with E-state index in [1.165, 1.54) is 0 Å². The molecule has 1 rings (SSSR count). The van der Waals surface area contributed by atoms with Crippen LogP contribution in [0.25, 0.3) is 0 Å². The van der Waals surface area contributed by atoms with Gasteiger partial charge in [0.1, 0.15) is 0 Å². The van der Waals surface area contributed by atoms with E-state index in [2.05, 4.69) is 5.32 Å². The number of nitrogens with one attached hydrogen (secondary N) is 1. The summed E-state index contributed by atoms with van der Waals surface area (Å²) in [6, 6.07) is 2.08. The van der Waals surface area contributed by atoms with Gasteiger partial charge in [0.15, 0.2) is 0 Å². The molecule has 2 unspecified atom stereocenters. The molecule has 0 aromatic rings. The first-order valence-electron chi connectivity index (χ1n) is 6.34. The third kappa shape index (κ3) is 5.69. The molecule has 104 valence electrons. The number of piperidine rings is 1. The number of hydrogen-bond acceptors (Lipinski definition) is 3. The van der Waals surface area contributed by atoms with Gasteiger partial charge in [0.25, 0.3) is 0 Å². The van der Waals surface area contributed by atoms with Crippen molar-refractivity contribution in [3.63, 3.8) is 0 Å². The van der Waals surface area contributed by atoms with Crippen molar-refractivity contribution in [2.24, 2.45) is 5.92 Å². The van der Waals surface area contributed by atoms with E-state index in [1.54, 1.807) is 0 Å². The first-order valence-corrected chi connectivity index (χ1v) is 6.34. The number of rotatable bonds is 5. The Morgan fingerprint density at radius 2 is 2.11 bits per heavy atom. The third-order valence-electron chi connectivity index (χ3n) is 3.11. The normalized spacial score (nSPS) is 25.9. The molecule has 0 aromatic heterocycles. The molecule has 3 nitrogen and oxygen atoms in total. The fourth-order valence-electron chi connectivity index (χ4n) is 2.50. The minimum absolute atomic E-state index is 0.0689. The van der Waals surface area contributed by atoms with Crippen LogP contribution in [0.3, 0.4) is 0 Å². The van der Waals surface area contributed by atoms with Crippen LogP contribution in [0, 0.1) is 17.2 Å². The zero-order chi connectivity index (χ0) is 13.6. The average Bonchev–Trinajstić information content (AvgIpc) is 2.24. The summed E-state index contributed by atoms with van der Waals surface area (Å²) in [5, 5.41) is 11.9. The lowest BCUT2D eigenvalue weighted by molar-refractivity contribution is -0.148. The van der Waals surface area contributed by atoms with Gasteiger partial charge in [-0.15, -0.1) is 0 Å². The molecular weight excluding hydrogens is 243 g/mol. The lowest BCUT2D eigenvalue weighted by Gasteiger charge is -2.37. The fraction of sp³-hybridized carbons (Fsp3) is 0.917. The second kappa shape index (κ2) is 6.95. The monoisotopic (exact) mass is 263 g/mol. The molecule has 1 heterocycles. The van der Waals surface area contributed by atoms with E-state index >= 15 is 0 Å². The number of nitrogens with zero attached hydrogens (tertiary/aromatic N) is 2. The van der Waals surface area contributed by atoms with Gasteiger partial charge in [-0.25, -0.2) is 0 Å². The fourth-order valence-corrected chi connectivity index (χ4v) is 2.50. The lowest BCUT2D eigenvalue weighted by atomic mass is 9.91. The van der Waals surface area contributed by atoms with Gasteiger partial charge in [-0.2, -0.15) is 18.4 Å². The molecule has 1 saturated heterocycles. The summed E-state index contributed by atoms with van der Waals surface area (Å²) in [6.07, 6.45) is -3.37. The SMILES string of the molecule is CCCNC1CC(CC(F)(F)F)CN(CC#N)C1. The standard InChI is InChI=1S/C12H20F3N3/c1-2-4-17-11-6-10(7-12(13,14)15)8-18(9-11)5-3-16/h10-11,17H,2,4-9H2,1H3. The topological polar surface area (TPSA) is 39.1 Å². The largest absolute Gasteiger partial charge is 0.389 e. The Balaban J connectivity index is 2.54. The number of alkyl halides is 3. The van der Waals surface area contributed by atoms with Crippen molar-refractivity contribution >= 4 is 0 Å². The summed E-state index contributed by atoms with van der Waals surface area (Å²) in [4.78, 5) is 1.81. The third-order valence-corrected chi connectivity index (χ3v) is 3.11. The average molecular weight is 263 g/mol. The maximum atomic E-state index is 12.4. The van der Waals surface area contributed by atoms with Crippen molar-refractivity contribution < 1.29 is 13.2 Å². The van der Waals surface area contributed by atoms with Crippen molar-refractivity contribution in [1.29, 1.82) is 5.26 Å². The smallest absolute Gasteiger partial charge is 0.313 e. The van der Waals surface area contributed by atoms with E-state index in [-0.39, 0.29) is 12.6 Å². The molecule has 1 N–H and O–H groups in total. The summed E-state index contributed by atoms with van der Waals surface area (Å²) in [7, 11) is 0. The molecule has 0 radical (unpaired) electrons. The van der Waals surface area contributed by atoms with Gasteiger partial charge in [0, 0.05) is 25.6 Å². The number of halogens is 3. The van der Waals surface area contributed by atoms with Crippen LogP contribution in [-0.4, -0.2) is 43.3 Å². The minimum Gasteiger partial charge on any atom is -0.313 e. The number of nitriles is 1. The summed E-state index contributed by atoms with van der Waals surface area (Å²) < 4.78 is 37.3. The molecule has 2 atom stereocenters. The summed E-state index contributed by atoms with van der Waals surface area (Å²) in [6.45, 7) is 4.08. The first kappa shape index (κ1) is 15.3. The van der Waals surface area contributed by atoms with Crippen LogP contribution in [0.15, 0.2) is 0 Å². The molecule has 0 saturated carbocycles. The zero-order valence-corrected chi connectivity index (χ0v) is 10.6. The Bertz CT molecular complexity index is 285. The molecular formula is C12H20F3N3. The zero-order valence-electron chi connectivity index (χ0n) is 10.6. The lowest BCUT2D eigenvalue weighted by Crippen LogP contribution is -2.50. The first-order chi connectivity index (χ1) is 8.44. The van der Waals surface area contributed by atoms with Crippen LogP contribution in [0.4, 0.5) is 13.2 Å². The highest BCUT2D eigenvalue weighted by Crippen LogP contribution is 2.30. The maximum absolute atomic E-state index is 12.4. The van der Waals surface area contributed by atoms with Gasteiger partial charge in [0.05, 0.1) is 12.6 Å². The highest BCUT2D eigenvalue weighted by molar-refractivity contribution is 4.88. The van der Waals surface area contributed by atoms with Crippen molar-refractivity contribution in [3.05, 3.63) is 0 Å². The molecule has 18 heavy (non-hydrogen) atoms. The summed E-state index contributed by atoms with van der Waals surface area (Å²) in [5.74, 6) is -0.401. The Morgan fingerprint density at radius 3 is 2.67 bits per heavy atom. The summed E-state index contributed by atoms with van der Waals surface area (Å²) >= 11 is 0. The molecule has 0 aromatic carbocycles. The van der Waals surface area contributed by atoms with E-state index in [0.29, 0.717) is 19.5 Å². The van der Waals surface area contributed by atoms with Crippen LogP contribution in [0.5, 0.6) is 0 Å². The second-order valence-corrected chi connectivity index (χ2v) is 4.92.